The summed E-state index contributed by atoms with van der Waals surface area (Å²) in [6.45, 7) is 4.21. The van der Waals surface area contributed by atoms with Crippen LogP contribution in [-0.4, -0.2) is 33.3 Å². The summed E-state index contributed by atoms with van der Waals surface area (Å²) in [5.74, 6) is 7.41. The first kappa shape index (κ1) is 19.9. The molecule has 5 heteroatoms. The number of amides is 1. The fourth-order valence-electron chi connectivity index (χ4n) is 2.36. The van der Waals surface area contributed by atoms with Crippen molar-refractivity contribution in [3.63, 3.8) is 0 Å². The first-order chi connectivity index (χ1) is 13.2. The van der Waals surface area contributed by atoms with Gasteiger partial charge in [0.1, 0.15) is 23.9 Å². The molecule has 27 heavy (non-hydrogen) atoms. The van der Waals surface area contributed by atoms with E-state index in [9.17, 15) is 4.79 Å². The maximum absolute atomic E-state index is 12.2. The van der Waals surface area contributed by atoms with Crippen LogP contribution in [0.25, 0.3) is 0 Å². The fraction of sp³-hybridized carbons (Fsp3) is 0.227. The van der Waals surface area contributed by atoms with Crippen LogP contribution < -0.4 is 19.5 Å². The Hall–Kier alpha value is -3.39. The van der Waals surface area contributed by atoms with E-state index in [0.29, 0.717) is 17.1 Å². The van der Waals surface area contributed by atoms with Gasteiger partial charge in [-0.3, -0.25) is 4.79 Å². The van der Waals surface area contributed by atoms with Crippen molar-refractivity contribution in [1.29, 1.82) is 0 Å². The molecule has 0 aliphatic carbocycles. The Morgan fingerprint density at radius 1 is 1.11 bits per heavy atom. The summed E-state index contributed by atoms with van der Waals surface area (Å²) in [7, 11) is 3.07. The molecular formula is C22H23NO4. The van der Waals surface area contributed by atoms with Crippen molar-refractivity contribution in [2.24, 2.45) is 0 Å². The van der Waals surface area contributed by atoms with Crippen LogP contribution in [-0.2, 0) is 6.42 Å². The highest BCUT2D eigenvalue weighted by Crippen LogP contribution is 2.22. The van der Waals surface area contributed by atoms with Crippen LogP contribution in [0.15, 0.2) is 55.1 Å². The lowest BCUT2D eigenvalue weighted by Crippen LogP contribution is -2.23. The third-order valence-corrected chi connectivity index (χ3v) is 3.71. The number of para-hydroxylation sites is 1. The van der Waals surface area contributed by atoms with E-state index < -0.39 is 0 Å². The molecule has 0 saturated heterocycles. The average molecular weight is 365 g/mol. The molecule has 5 nitrogen and oxygen atoms in total. The van der Waals surface area contributed by atoms with Crippen LogP contribution in [0.3, 0.4) is 0 Å². The molecule has 2 aromatic carbocycles. The maximum atomic E-state index is 12.2. The molecule has 0 bridgehead atoms. The average Bonchev–Trinajstić information content (AvgIpc) is 2.71. The minimum atomic E-state index is -0.251. The smallest absolute Gasteiger partial charge is 0.252 e. The number of benzene rings is 2. The van der Waals surface area contributed by atoms with Gasteiger partial charge in [0.05, 0.1) is 20.8 Å². The van der Waals surface area contributed by atoms with Crippen LogP contribution in [0.5, 0.6) is 17.2 Å². The molecule has 2 rings (SSSR count). The Labute approximate surface area is 159 Å². The predicted octanol–water partition coefficient (Wildman–Crippen LogP) is 3.24. The van der Waals surface area contributed by atoms with Crippen molar-refractivity contribution in [3.8, 4) is 29.1 Å². The topological polar surface area (TPSA) is 56.8 Å². The Balaban J connectivity index is 1.85. The number of hydrogen-bond acceptors (Lipinski definition) is 4. The van der Waals surface area contributed by atoms with Gasteiger partial charge in [-0.15, -0.1) is 6.58 Å². The van der Waals surface area contributed by atoms with Crippen LogP contribution in [0.1, 0.15) is 15.9 Å². The molecule has 0 aromatic heterocycles. The molecular weight excluding hydrogens is 342 g/mol. The molecule has 0 saturated carbocycles. The number of allylic oxidation sites excluding steroid dienone is 1. The van der Waals surface area contributed by atoms with Gasteiger partial charge >= 0.3 is 0 Å². The van der Waals surface area contributed by atoms with Gasteiger partial charge in [0.15, 0.2) is 0 Å². The van der Waals surface area contributed by atoms with Crippen molar-refractivity contribution in [2.45, 2.75) is 6.42 Å². The van der Waals surface area contributed by atoms with Gasteiger partial charge < -0.3 is 19.5 Å². The zero-order chi connectivity index (χ0) is 19.5. The number of ether oxygens (including phenoxy) is 3. The molecule has 140 valence electrons. The highest BCUT2D eigenvalue weighted by Gasteiger charge is 2.08. The van der Waals surface area contributed by atoms with Crippen molar-refractivity contribution in [3.05, 3.63) is 66.2 Å². The molecule has 0 atom stereocenters. The lowest BCUT2D eigenvalue weighted by atomic mass is 10.1. The predicted molar refractivity (Wildman–Crippen MR) is 105 cm³/mol. The molecule has 0 heterocycles. The minimum absolute atomic E-state index is 0.218. The number of nitrogens with one attached hydrogen (secondary N) is 1. The zero-order valence-corrected chi connectivity index (χ0v) is 15.6. The van der Waals surface area contributed by atoms with Gasteiger partial charge in [-0.05, 0) is 30.2 Å². The first-order valence-electron chi connectivity index (χ1n) is 8.46. The zero-order valence-electron chi connectivity index (χ0n) is 15.6. The van der Waals surface area contributed by atoms with Gasteiger partial charge in [0.2, 0.25) is 0 Å². The van der Waals surface area contributed by atoms with Crippen molar-refractivity contribution < 1.29 is 19.0 Å². The highest BCUT2D eigenvalue weighted by molar-refractivity contribution is 5.95. The summed E-state index contributed by atoms with van der Waals surface area (Å²) in [4.78, 5) is 12.2. The summed E-state index contributed by atoms with van der Waals surface area (Å²) >= 11 is 0. The summed E-state index contributed by atoms with van der Waals surface area (Å²) in [5.41, 5.74) is 1.51. The summed E-state index contributed by atoms with van der Waals surface area (Å²) in [6, 6.07) is 12.8. The van der Waals surface area contributed by atoms with E-state index in [1.54, 1.807) is 18.2 Å². The first-order valence-corrected chi connectivity index (χ1v) is 8.46. The third-order valence-electron chi connectivity index (χ3n) is 3.71. The normalized spacial score (nSPS) is 9.56. The van der Waals surface area contributed by atoms with E-state index in [-0.39, 0.29) is 19.1 Å². The van der Waals surface area contributed by atoms with E-state index in [0.717, 1.165) is 17.7 Å². The van der Waals surface area contributed by atoms with Gasteiger partial charge in [-0.25, -0.2) is 0 Å². The summed E-state index contributed by atoms with van der Waals surface area (Å²) in [6.07, 6.45) is 2.57. The number of rotatable bonds is 8. The van der Waals surface area contributed by atoms with E-state index in [1.165, 1.54) is 14.2 Å². The molecule has 2 aromatic rings. The number of methoxy groups -OCH3 is 2. The quantitative estimate of drug-likeness (QED) is 0.576. The van der Waals surface area contributed by atoms with Crippen LogP contribution in [0.2, 0.25) is 0 Å². The standard InChI is InChI=1S/C22H23NO4/c1-4-9-17-10-5-6-11-21(17)27-13-8-7-12-23-22(24)18-14-19(25-2)16-20(15-18)26-3/h4-6,10-11,14-16H,1,9,12-13H2,2-3H3,(H,23,24). The Bertz CT molecular complexity index is 827. The Morgan fingerprint density at radius 3 is 2.48 bits per heavy atom. The second kappa shape index (κ2) is 10.6. The van der Waals surface area contributed by atoms with Crippen molar-refractivity contribution >= 4 is 5.91 Å². The van der Waals surface area contributed by atoms with E-state index in [2.05, 4.69) is 23.7 Å². The molecule has 0 aliphatic rings. The van der Waals surface area contributed by atoms with E-state index in [1.807, 2.05) is 30.3 Å². The van der Waals surface area contributed by atoms with E-state index in [4.69, 9.17) is 14.2 Å². The van der Waals surface area contributed by atoms with Gasteiger partial charge in [-0.2, -0.15) is 0 Å². The number of hydrogen-bond donors (Lipinski definition) is 1. The monoisotopic (exact) mass is 365 g/mol. The van der Waals surface area contributed by atoms with Crippen LogP contribution in [0, 0.1) is 11.8 Å². The SMILES string of the molecule is C=CCc1ccccc1OCC#CCNC(=O)c1cc(OC)cc(OC)c1. The number of carbonyl (C=O) groups is 1. The van der Waals surface area contributed by atoms with Crippen molar-refractivity contribution in [1.82, 2.24) is 5.32 Å². The van der Waals surface area contributed by atoms with E-state index >= 15 is 0 Å². The highest BCUT2D eigenvalue weighted by atomic mass is 16.5. The summed E-state index contributed by atoms with van der Waals surface area (Å²) in [5, 5.41) is 2.74. The van der Waals surface area contributed by atoms with Gasteiger partial charge in [0.25, 0.3) is 5.91 Å². The molecule has 0 aliphatic heterocycles. The van der Waals surface area contributed by atoms with Crippen molar-refractivity contribution in [2.75, 3.05) is 27.4 Å². The molecule has 0 radical (unpaired) electrons. The number of carbonyl (C=O) groups excluding carboxylic acids is 1. The molecule has 0 spiro atoms. The Morgan fingerprint density at radius 2 is 1.81 bits per heavy atom. The summed E-state index contributed by atoms with van der Waals surface area (Å²) < 4.78 is 16.0. The minimum Gasteiger partial charge on any atom is -0.497 e. The third kappa shape index (κ3) is 6.12. The largest absolute Gasteiger partial charge is 0.497 e. The second-order valence-corrected chi connectivity index (χ2v) is 5.53. The van der Waals surface area contributed by atoms with Crippen LogP contribution >= 0.6 is 0 Å². The lowest BCUT2D eigenvalue weighted by Gasteiger charge is -2.08. The van der Waals surface area contributed by atoms with Crippen LogP contribution in [0.4, 0.5) is 0 Å². The molecule has 0 fully saturated rings. The fourth-order valence-corrected chi connectivity index (χ4v) is 2.36. The van der Waals surface area contributed by atoms with Gasteiger partial charge in [0, 0.05) is 11.6 Å². The molecule has 1 amide bonds. The Kier molecular flexibility index (Phi) is 7.80. The maximum Gasteiger partial charge on any atom is 0.252 e. The van der Waals surface area contributed by atoms with Gasteiger partial charge in [-0.1, -0.05) is 36.1 Å². The second-order valence-electron chi connectivity index (χ2n) is 5.53. The lowest BCUT2D eigenvalue weighted by molar-refractivity contribution is 0.0958. The molecule has 1 N–H and O–H groups in total. The molecule has 0 unspecified atom stereocenters.